The lowest BCUT2D eigenvalue weighted by atomic mass is 10.1. The summed E-state index contributed by atoms with van der Waals surface area (Å²) in [5.74, 6) is 0.551. The molecule has 2 aromatic rings. The van der Waals surface area contributed by atoms with Gasteiger partial charge in [0.15, 0.2) is 0 Å². The van der Waals surface area contributed by atoms with Gasteiger partial charge in [-0.05, 0) is 56.6 Å². The number of halogens is 3. The third-order valence-electron chi connectivity index (χ3n) is 4.72. The van der Waals surface area contributed by atoms with Crippen LogP contribution >= 0.6 is 0 Å². The fraction of sp³-hybridized carbons (Fsp3) is 0.429. The van der Waals surface area contributed by atoms with E-state index in [1.807, 2.05) is 31.1 Å². The molecule has 0 bridgehead atoms. The average Bonchev–Trinajstić information content (AvgIpc) is 2.64. The maximum absolute atomic E-state index is 12.2. The number of rotatable bonds is 6. The molecule has 1 N–H and O–H groups in total. The average molecular weight is 410 g/mol. The molecule has 0 radical (unpaired) electrons. The van der Waals surface area contributed by atoms with E-state index in [4.69, 9.17) is 4.74 Å². The van der Waals surface area contributed by atoms with Gasteiger partial charge in [-0.15, -0.1) is 13.2 Å². The van der Waals surface area contributed by atoms with Crippen LogP contribution in [-0.4, -0.2) is 49.7 Å². The predicted octanol–water partition coefficient (Wildman–Crippen LogP) is 4.40. The summed E-state index contributed by atoms with van der Waals surface area (Å²) >= 11 is 0. The van der Waals surface area contributed by atoms with Crippen molar-refractivity contribution >= 4 is 5.69 Å². The van der Waals surface area contributed by atoms with E-state index < -0.39 is 6.36 Å². The minimum absolute atomic E-state index is 0.000931. The molecule has 0 aliphatic carbocycles. The lowest BCUT2D eigenvalue weighted by molar-refractivity contribution is -0.274. The van der Waals surface area contributed by atoms with Crippen molar-refractivity contribution < 1.29 is 27.8 Å². The van der Waals surface area contributed by atoms with Crippen molar-refractivity contribution in [2.45, 2.75) is 31.9 Å². The topological polar surface area (TPSA) is 45.2 Å². The Balaban J connectivity index is 1.54. The minimum atomic E-state index is -4.70. The number of ether oxygens (including phenoxy) is 2. The first-order valence-corrected chi connectivity index (χ1v) is 9.43. The Bertz CT molecular complexity index is 802. The summed E-state index contributed by atoms with van der Waals surface area (Å²) in [4.78, 5) is 4.25. The number of aromatic hydroxyl groups is 1. The fourth-order valence-corrected chi connectivity index (χ4v) is 3.38. The van der Waals surface area contributed by atoms with Crippen molar-refractivity contribution in [3.8, 4) is 17.2 Å². The van der Waals surface area contributed by atoms with Crippen LogP contribution in [0.3, 0.4) is 0 Å². The van der Waals surface area contributed by atoms with Gasteiger partial charge in [-0.25, -0.2) is 0 Å². The van der Waals surface area contributed by atoms with Gasteiger partial charge in [0.25, 0.3) is 0 Å². The van der Waals surface area contributed by atoms with Gasteiger partial charge in [-0.3, -0.25) is 0 Å². The van der Waals surface area contributed by atoms with Crippen molar-refractivity contribution in [2.24, 2.45) is 0 Å². The summed E-state index contributed by atoms with van der Waals surface area (Å²) in [6.45, 7) is 2.26. The monoisotopic (exact) mass is 410 g/mol. The number of piperidine rings is 1. The minimum Gasteiger partial charge on any atom is -0.508 e. The van der Waals surface area contributed by atoms with E-state index in [9.17, 15) is 18.3 Å². The smallest absolute Gasteiger partial charge is 0.508 e. The first kappa shape index (κ1) is 21.1. The van der Waals surface area contributed by atoms with Crippen LogP contribution in [0, 0.1) is 0 Å². The lowest BCUT2D eigenvalue weighted by Crippen LogP contribution is -2.38. The molecular weight excluding hydrogens is 385 g/mol. The van der Waals surface area contributed by atoms with E-state index in [0.29, 0.717) is 18.0 Å². The Kier molecular flexibility index (Phi) is 6.42. The van der Waals surface area contributed by atoms with Gasteiger partial charge in [0.1, 0.15) is 23.4 Å². The van der Waals surface area contributed by atoms with Crippen molar-refractivity contribution in [2.75, 3.05) is 32.1 Å². The molecule has 1 saturated heterocycles. The molecule has 0 spiro atoms. The van der Waals surface area contributed by atoms with Gasteiger partial charge < -0.3 is 24.4 Å². The largest absolute Gasteiger partial charge is 0.573 e. The molecule has 158 valence electrons. The van der Waals surface area contributed by atoms with Gasteiger partial charge in [-0.1, -0.05) is 0 Å². The van der Waals surface area contributed by atoms with Crippen LogP contribution in [0.25, 0.3) is 0 Å². The highest BCUT2D eigenvalue weighted by Crippen LogP contribution is 2.29. The van der Waals surface area contributed by atoms with E-state index in [-0.39, 0.29) is 11.9 Å². The van der Waals surface area contributed by atoms with E-state index in [1.165, 1.54) is 24.3 Å². The molecule has 0 amide bonds. The maximum atomic E-state index is 12.2. The summed E-state index contributed by atoms with van der Waals surface area (Å²) < 4.78 is 46.5. The molecule has 2 aromatic carbocycles. The third-order valence-corrected chi connectivity index (χ3v) is 4.72. The zero-order valence-corrected chi connectivity index (χ0v) is 16.4. The van der Waals surface area contributed by atoms with Crippen molar-refractivity contribution in [3.05, 3.63) is 48.0 Å². The van der Waals surface area contributed by atoms with Crippen LogP contribution in [0.5, 0.6) is 17.2 Å². The number of hydrogen-bond donors (Lipinski definition) is 1. The molecule has 1 aliphatic rings. The van der Waals surface area contributed by atoms with E-state index in [0.717, 1.165) is 37.2 Å². The van der Waals surface area contributed by atoms with Crippen molar-refractivity contribution in [3.63, 3.8) is 0 Å². The zero-order valence-electron chi connectivity index (χ0n) is 16.4. The molecule has 0 atom stereocenters. The number of phenolic OH excluding ortho intramolecular Hbond substituents is 1. The number of alkyl halides is 3. The highest BCUT2D eigenvalue weighted by Gasteiger charge is 2.31. The summed E-state index contributed by atoms with van der Waals surface area (Å²) in [6, 6.07) is 11.1. The Morgan fingerprint density at radius 1 is 1.03 bits per heavy atom. The molecule has 5 nitrogen and oxygen atoms in total. The Labute approximate surface area is 168 Å². The molecule has 1 heterocycles. The van der Waals surface area contributed by atoms with Crippen molar-refractivity contribution in [1.82, 2.24) is 4.90 Å². The summed E-state index contributed by atoms with van der Waals surface area (Å²) in [5.41, 5.74) is 1.94. The van der Waals surface area contributed by atoms with Gasteiger partial charge in [0.2, 0.25) is 0 Å². The van der Waals surface area contributed by atoms with Crippen LogP contribution in [0.2, 0.25) is 0 Å². The second kappa shape index (κ2) is 8.82. The molecule has 0 aromatic heterocycles. The quantitative estimate of drug-likeness (QED) is 0.765. The first-order valence-electron chi connectivity index (χ1n) is 9.43. The second-order valence-corrected chi connectivity index (χ2v) is 7.37. The molecule has 1 aliphatic heterocycles. The van der Waals surface area contributed by atoms with Gasteiger partial charge >= 0.3 is 6.36 Å². The SMILES string of the molecule is CN(C)Cc1cc(N2CCC(Oc3ccc(OC(F)(F)F)cc3)CC2)ccc1O. The number of phenols is 1. The van der Waals surface area contributed by atoms with E-state index in [2.05, 4.69) is 9.64 Å². The summed E-state index contributed by atoms with van der Waals surface area (Å²) in [6.07, 6.45) is -3.11. The highest BCUT2D eigenvalue weighted by molar-refractivity contribution is 5.53. The summed E-state index contributed by atoms with van der Waals surface area (Å²) in [5, 5.41) is 10.0. The Morgan fingerprint density at radius 3 is 2.24 bits per heavy atom. The molecular formula is C21H25F3N2O3. The number of benzene rings is 2. The Hall–Kier alpha value is -2.61. The van der Waals surface area contributed by atoms with Crippen LogP contribution in [0.15, 0.2) is 42.5 Å². The highest BCUT2D eigenvalue weighted by atomic mass is 19.4. The van der Waals surface area contributed by atoms with Crippen LogP contribution in [-0.2, 0) is 6.54 Å². The van der Waals surface area contributed by atoms with E-state index in [1.54, 1.807) is 6.07 Å². The third kappa shape index (κ3) is 6.19. The molecule has 0 saturated carbocycles. The van der Waals surface area contributed by atoms with Crippen molar-refractivity contribution in [1.29, 1.82) is 0 Å². The first-order chi connectivity index (χ1) is 13.7. The predicted molar refractivity (Wildman–Crippen MR) is 104 cm³/mol. The van der Waals surface area contributed by atoms with Gasteiger partial charge in [0.05, 0.1) is 0 Å². The Morgan fingerprint density at radius 2 is 1.66 bits per heavy atom. The summed E-state index contributed by atoms with van der Waals surface area (Å²) in [7, 11) is 3.91. The fourth-order valence-electron chi connectivity index (χ4n) is 3.38. The molecule has 0 unspecified atom stereocenters. The van der Waals surface area contributed by atoms with Crippen LogP contribution in [0.1, 0.15) is 18.4 Å². The molecule has 1 fully saturated rings. The standard InChI is InChI=1S/C21H25F3N2O3/c1-25(2)14-15-13-16(3-8-20(15)27)26-11-9-18(10-12-26)28-17-4-6-19(7-5-17)29-21(22,23)24/h3-8,13,18,27H,9-12,14H2,1-2H3. The zero-order chi connectivity index (χ0) is 21.0. The number of nitrogens with zero attached hydrogens (tertiary/aromatic N) is 2. The van der Waals surface area contributed by atoms with Crippen LogP contribution < -0.4 is 14.4 Å². The molecule has 29 heavy (non-hydrogen) atoms. The number of anilines is 1. The van der Waals surface area contributed by atoms with Crippen LogP contribution in [0.4, 0.5) is 18.9 Å². The molecule has 8 heteroatoms. The molecule has 3 rings (SSSR count). The normalized spacial score (nSPS) is 15.6. The van der Waals surface area contributed by atoms with Gasteiger partial charge in [0, 0.05) is 43.7 Å². The van der Waals surface area contributed by atoms with E-state index >= 15 is 0 Å². The maximum Gasteiger partial charge on any atom is 0.573 e. The lowest BCUT2D eigenvalue weighted by Gasteiger charge is -2.34. The number of hydrogen-bond acceptors (Lipinski definition) is 5. The van der Waals surface area contributed by atoms with Gasteiger partial charge in [-0.2, -0.15) is 0 Å². The second-order valence-electron chi connectivity index (χ2n) is 7.37.